The lowest BCUT2D eigenvalue weighted by Gasteiger charge is -2.24. The van der Waals surface area contributed by atoms with Crippen molar-refractivity contribution in [3.8, 4) is 6.07 Å². The third kappa shape index (κ3) is 3.61. The van der Waals surface area contributed by atoms with E-state index < -0.39 is 11.9 Å². The molecule has 0 heterocycles. The van der Waals surface area contributed by atoms with Gasteiger partial charge in [-0.2, -0.15) is 5.26 Å². The number of likely N-dealkylation sites (N-methyl/N-ethyl adjacent to an activating group) is 1. The first kappa shape index (κ1) is 14.6. The molecular weight excluding hydrogens is 264 g/mol. The van der Waals surface area contributed by atoms with E-state index in [2.05, 4.69) is 6.07 Å². The summed E-state index contributed by atoms with van der Waals surface area (Å²) in [6, 6.07) is 18.4. The van der Waals surface area contributed by atoms with Gasteiger partial charge in [-0.05, 0) is 23.8 Å². The number of benzene rings is 2. The van der Waals surface area contributed by atoms with E-state index in [4.69, 9.17) is 5.26 Å². The number of carbonyl (C=O) groups is 1. The first-order chi connectivity index (χ1) is 10.1. The number of aliphatic carboxylic acids is 1. The number of carboxylic acid groups (broad SMARTS) is 1. The zero-order valence-electron chi connectivity index (χ0n) is 11.7. The molecule has 0 saturated carbocycles. The molecule has 1 atom stereocenters. The molecule has 0 aliphatic heterocycles. The molecule has 0 fully saturated rings. The van der Waals surface area contributed by atoms with Gasteiger partial charge >= 0.3 is 5.97 Å². The quantitative estimate of drug-likeness (QED) is 0.914. The van der Waals surface area contributed by atoms with Crippen molar-refractivity contribution in [2.24, 2.45) is 0 Å². The van der Waals surface area contributed by atoms with Crippen LogP contribution in [-0.4, -0.2) is 24.7 Å². The highest BCUT2D eigenvalue weighted by Crippen LogP contribution is 2.21. The summed E-state index contributed by atoms with van der Waals surface area (Å²) in [4.78, 5) is 13.4. The van der Waals surface area contributed by atoms with E-state index in [9.17, 15) is 9.90 Å². The summed E-state index contributed by atoms with van der Waals surface area (Å²) in [6.07, 6.45) is 0. The molecule has 4 nitrogen and oxygen atoms in total. The lowest BCUT2D eigenvalue weighted by Crippen LogP contribution is -2.28. The summed E-state index contributed by atoms with van der Waals surface area (Å²) in [5.74, 6) is -1.47. The summed E-state index contributed by atoms with van der Waals surface area (Å²) in [5.41, 5.74) is 2.16. The Morgan fingerprint density at radius 1 is 1.24 bits per heavy atom. The number of carboxylic acids is 1. The molecule has 21 heavy (non-hydrogen) atoms. The zero-order chi connectivity index (χ0) is 15.2. The highest BCUT2D eigenvalue weighted by molar-refractivity contribution is 5.77. The molecule has 2 aromatic rings. The molecule has 0 radical (unpaired) electrons. The Bertz CT molecular complexity index is 662. The van der Waals surface area contributed by atoms with Gasteiger partial charge in [-0.15, -0.1) is 0 Å². The zero-order valence-corrected chi connectivity index (χ0v) is 11.7. The molecule has 0 aliphatic rings. The molecule has 0 amide bonds. The van der Waals surface area contributed by atoms with E-state index in [0.29, 0.717) is 12.1 Å². The Labute approximate surface area is 123 Å². The third-order valence-corrected chi connectivity index (χ3v) is 3.37. The Balaban J connectivity index is 2.21. The molecule has 4 heteroatoms. The Hall–Kier alpha value is -2.80. The Morgan fingerprint density at radius 3 is 2.57 bits per heavy atom. The molecule has 1 N–H and O–H groups in total. The minimum absolute atomic E-state index is 0.341. The number of hydrogen-bond acceptors (Lipinski definition) is 3. The molecule has 106 valence electrons. The first-order valence-corrected chi connectivity index (χ1v) is 6.61. The van der Waals surface area contributed by atoms with Gasteiger partial charge in [0.25, 0.3) is 0 Å². The second kappa shape index (κ2) is 6.58. The fourth-order valence-corrected chi connectivity index (χ4v) is 2.20. The minimum Gasteiger partial charge on any atom is -0.481 e. The molecule has 0 bridgehead atoms. The summed E-state index contributed by atoms with van der Waals surface area (Å²) < 4.78 is 0. The van der Waals surface area contributed by atoms with Crippen LogP contribution in [0.2, 0.25) is 0 Å². The van der Waals surface area contributed by atoms with E-state index in [1.807, 2.05) is 48.3 Å². The van der Waals surface area contributed by atoms with Crippen molar-refractivity contribution in [2.75, 3.05) is 18.5 Å². The van der Waals surface area contributed by atoms with Crippen LogP contribution in [-0.2, 0) is 4.79 Å². The number of hydrogen-bond donors (Lipinski definition) is 1. The lowest BCUT2D eigenvalue weighted by atomic mass is 9.98. The number of nitrogens with zero attached hydrogens (tertiary/aromatic N) is 2. The fraction of sp³-hybridized carbons (Fsp3) is 0.176. The van der Waals surface area contributed by atoms with Crippen LogP contribution in [0.4, 0.5) is 5.69 Å². The maximum absolute atomic E-state index is 11.5. The van der Waals surface area contributed by atoms with Gasteiger partial charge in [0, 0.05) is 19.3 Å². The standard InChI is InChI=1S/C17H16N2O2/c1-19(15-9-5-6-13(10-15)11-18)12-16(17(20)21)14-7-3-2-4-8-14/h2-10,16H,12H2,1H3,(H,20,21). The van der Waals surface area contributed by atoms with Gasteiger partial charge < -0.3 is 10.0 Å². The van der Waals surface area contributed by atoms with Crippen LogP contribution in [0, 0.1) is 11.3 Å². The van der Waals surface area contributed by atoms with Crippen LogP contribution in [0.15, 0.2) is 54.6 Å². The van der Waals surface area contributed by atoms with Crippen molar-refractivity contribution in [3.05, 3.63) is 65.7 Å². The molecular formula is C17H16N2O2. The van der Waals surface area contributed by atoms with Crippen molar-refractivity contribution in [1.82, 2.24) is 0 Å². The summed E-state index contributed by atoms with van der Waals surface area (Å²) >= 11 is 0. The van der Waals surface area contributed by atoms with Crippen LogP contribution >= 0.6 is 0 Å². The van der Waals surface area contributed by atoms with Gasteiger partial charge in [0.15, 0.2) is 0 Å². The van der Waals surface area contributed by atoms with Gasteiger partial charge in [0.1, 0.15) is 0 Å². The highest BCUT2D eigenvalue weighted by Gasteiger charge is 2.21. The Morgan fingerprint density at radius 2 is 1.95 bits per heavy atom. The SMILES string of the molecule is CN(CC(C(=O)O)c1ccccc1)c1cccc(C#N)c1. The molecule has 2 aromatic carbocycles. The first-order valence-electron chi connectivity index (χ1n) is 6.61. The van der Waals surface area contributed by atoms with Crippen LogP contribution < -0.4 is 4.90 Å². The fourth-order valence-electron chi connectivity index (χ4n) is 2.20. The van der Waals surface area contributed by atoms with E-state index in [1.165, 1.54) is 0 Å². The van der Waals surface area contributed by atoms with Gasteiger partial charge in [0.05, 0.1) is 17.6 Å². The van der Waals surface area contributed by atoms with Crippen LogP contribution in [0.25, 0.3) is 0 Å². The van der Waals surface area contributed by atoms with Crippen molar-refractivity contribution in [1.29, 1.82) is 5.26 Å². The number of rotatable bonds is 5. The lowest BCUT2D eigenvalue weighted by molar-refractivity contribution is -0.138. The van der Waals surface area contributed by atoms with Crippen LogP contribution in [0.1, 0.15) is 17.0 Å². The monoisotopic (exact) mass is 280 g/mol. The van der Waals surface area contributed by atoms with Crippen molar-refractivity contribution in [2.45, 2.75) is 5.92 Å². The molecule has 0 aromatic heterocycles. The van der Waals surface area contributed by atoms with Crippen molar-refractivity contribution < 1.29 is 9.90 Å². The second-order valence-corrected chi connectivity index (χ2v) is 4.84. The second-order valence-electron chi connectivity index (χ2n) is 4.84. The molecule has 1 unspecified atom stereocenters. The average molecular weight is 280 g/mol. The number of nitriles is 1. The maximum atomic E-state index is 11.5. The van der Waals surface area contributed by atoms with Crippen LogP contribution in [0.3, 0.4) is 0 Å². The third-order valence-electron chi connectivity index (χ3n) is 3.37. The average Bonchev–Trinajstić information content (AvgIpc) is 2.53. The largest absolute Gasteiger partial charge is 0.481 e. The predicted octanol–water partition coefficient (Wildman–Crippen LogP) is 2.86. The maximum Gasteiger partial charge on any atom is 0.312 e. The Kier molecular flexibility index (Phi) is 4.57. The number of anilines is 1. The molecule has 0 saturated heterocycles. The van der Waals surface area contributed by atoms with Gasteiger partial charge in [-0.3, -0.25) is 4.79 Å². The predicted molar refractivity (Wildman–Crippen MR) is 81.2 cm³/mol. The molecule has 2 rings (SSSR count). The van der Waals surface area contributed by atoms with E-state index in [1.54, 1.807) is 18.2 Å². The summed E-state index contributed by atoms with van der Waals surface area (Å²) in [6.45, 7) is 0.341. The van der Waals surface area contributed by atoms with Crippen molar-refractivity contribution >= 4 is 11.7 Å². The van der Waals surface area contributed by atoms with Gasteiger partial charge in [-0.25, -0.2) is 0 Å². The summed E-state index contributed by atoms with van der Waals surface area (Å²) in [7, 11) is 1.83. The molecule has 0 aliphatic carbocycles. The van der Waals surface area contributed by atoms with Crippen LogP contribution in [0.5, 0.6) is 0 Å². The van der Waals surface area contributed by atoms with Gasteiger partial charge in [-0.1, -0.05) is 36.4 Å². The molecule has 0 spiro atoms. The minimum atomic E-state index is -0.857. The van der Waals surface area contributed by atoms with Gasteiger partial charge in [0.2, 0.25) is 0 Å². The smallest absolute Gasteiger partial charge is 0.312 e. The summed E-state index contributed by atoms with van der Waals surface area (Å²) in [5, 5.41) is 18.4. The topological polar surface area (TPSA) is 64.3 Å². The normalized spacial score (nSPS) is 11.4. The van der Waals surface area contributed by atoms with Crippen molar-refractivity contribution in [3.63, 3.8) is 0 Å². The van der Waals surface area contributed by atoms with E-state index in [-0.39, 0.29) is 0 Å². The highest BCUT2D eigenvalue weighted by atomic mass is 16.4. The van der Waals surface area contributed by atoms with E-state index >= 15 is 0 Å². The van der Waals surface area contributed by atoms with E-state index in [0.717, 1.165) is 11.3 Å².